The van der Waals surface area contributed by atoms with Gasteiger partial charge in [0.05, 0.1) is 5.02 Å². The Kier molecular flexibility index (Phi) is 4.02. The van der Waals surface area contributed by atoms with Crippen LogP contribution in [-0.4, -0.2) is 23.6 Å². The molecule has 2 unspecified atom stereocenters. The lowest BCUT2D eigenvalue weighted by Crippen LogP contribution is -2.30. The van der Waals surface area contributed by atoms with Gasteiger partial charge in [0, 0.05) is 24.5 Å². The Morgan fingerprint density at radius 3 is 2.67 bits per heavy atom. The van der Waals surface area contributed by atoms with Crippen molar-refractivity contribution in [2.24, 2.45) is 5.92 Å². The predicted molar refractivity (Wildman–Crippen MR) is 71.1 cm³/mol. The van der Waals surface area contributed by atoms with Gasteiger partial charge in [0.25, 0.3) is 0 Å². The van der Waals surface area contributed by atoms with Crippen LogP contribution < -0.4 is 16.2 Å². The molecular formula is C12H16ClN5. The smallest absolute Gasteiger partial charge is 0.161 e. The average molecular weight is 266 g/mol. The molecule has 1 aliphatic rings. The number of nitrogens with zero attached hydrogens (tertiary/aromatic N) is 2. The first-order valence-corrected chi connectivity index (χ1v) is 6.31. The van der Waals surface area contributed by atoms with E-state index >= 15 is 0 Å². The van der Waals surface area contributed by atoms with Crippen LogP contribution in [0.25, 0.3) is 0 Å². The van der Waals surface area contributed by atoms with Gasteiger partial charge in [-0.3, -0.25) is 10.9 Å². The molecule has 5 nitrogen and oxygen atoms in total. The lowest BCUT2D eigenvalue weighted by atomic mass is 9.97. The summed E-state index contributed by atoms with van der Waals surface area (Å²) in [5, 5.41) is 12.5. The zero-order valence-corrected chi connectivity index (χ0v) is 11.1. The Morgan fingerprint density at radius 1 is 1.39 bits per heavy atom. The quantitative estimate of drug-likeness (QED) is 0.773. The second-order valence-corrected chi connectivity index (χ2v) is 4.96. The summed E-state index contributed by atoms with van der Waals surface area (Å²) in [5.41, 5.74) is 6.66. The number of nitriles is 1. The number of aromatic nitrogens is 1. The van der Waals surface area contributed by atoms with E-state index in [2.05, 4.69) is 35.0 Å². The van der Waals surface area contributed by atoms with E-state index in [9.17, 15) is 0 Å². The van der Waals surface area contributed by atoms with Crippen molar-refractivity contribution in [2.75, 3.05) is 11.9 Å². The Balaban J connectivity index is 2.00. The maximum atomic E-state index is 8.86. The molecule has 0 aromatic carbocycles. The molecule has 1 aliphatic heterocycles. The molecule has 0 saturated carbocycles. The number of anilines is 1. The second kappa shape index (κ2) is 5.53. The molecule has 0 aliphatic carbocycles. The SMILES string of the molecule is CC1NNC(C)C1CNc1ccc(Cl)c(C#N)n1. The molecule has 1 fully saturated rings. The molecular weight excluding hydrogens is 250 g/mol. The first kappa shape index (κ1) is 13.1. The van der Waals surface area contributed by atoms with E-state index in [1.165, 1.54) is 0 Å². The van der Waals surface area contributed by atoms with Gasteiger partial charge in [0.15, 0.2) is 5.69 Å². The van der Waals surface area contributed by atoms with Gasteiger partial charge in [-0.25, -0.2) is 4.98 Å². The van der Waals surface area contributed by atoms with Crippen molar-refractivity contribution in [3.63, 3.8) is 0 Å². The fourth-order valence-corrected chi connectivity index (χ4v) is 2.25. The molecule has 3 N–H and O–H groups in total. The van der Waals surface area contributed by atoms with Gasteiger partial charge in [-0.1, -0.05) is 11.6 Å². The van der Waals surface area contributed by atoms with E-state index in [1.807, 2.05) is 6.07 Å². The molecule has 1 saturated heterocycles. The highest BCUT2D eigenvalue weighted by Gasteiger charge is 2.29. The van der Waals surface area contributed by atoms with E-state index in [4.69, 9.17) is 16.9 Å². The van der Waals surface area contributed by atoms with E-state index < -0.39 is 0 Å². The molecule has 1 aromatic rings. The fourth-order valence-electron chi connectivity index (χ4n) is 2.10. The summed E-state index contributed by atoms with van der Waals surface area (Å²) in [7, 11) is 0. The number of halogens is 1. The second-order valence-electron chi connectivity index (χ2n) is 4.55. The zero-order valence-electron chi connectivity index (χ0n) is 10.4. The Bertz CT molecular complexity index is 460. The number of rotatable bonds is 3. The van der Waals surface area contributed by atoms with Crippen molar-refractivity contribution in [2.45, 2.75) is 25.9 Å². The van der Waals surface area contributed by atoms with Crippen LogP contribution in [0.1, 0.15) is 19.5 Å². The summed E-state index contributed by atoms with van der Waals surface area (Å²) in [6.07, 6.45) is 0. The first-order valence-electron chi connectivity index (χ1n) is 5.93. The summed E-state index contributed by atoms with van der Waals surface area (Å²) in [6.45, 7) is 5.07. The molecule has 2 rings (SSSR count). The summed E-state index contributed by atoms with van der Waals surface area (Å²) in [5.74, 6) is 1.15. The fraction of sp³-hybridized carbons (Fsp3) is 0.500. The van der Waals surface area contributed by atoms with Crippen molar-refractivity contribution in [3.05, 3.63) is 22.8 Å². The molecule has 6 heteroatoms. The van der Waals surface area contributed by atoms with Gasteiger partial charge in [0.1, 0.15) is 11.9 Å². The largest absolute Gasteiger partial charge is 0.370 e. The third kappa shape index (κ3) is 2.72. The summed E-state index contributed by atoms with van der Waals surface area (Å²) < 4.78 is 0. The number of nitrogens with one attached hydrogen (secondary N) is 3. The van der Waals surface area contributed by atoms with Crippen LogP contribution in [0, 0.1) is 17.2 Å². The van der Waals surface area contributed by atoms with Crippen LogP contribution in [0.3, 0.4) is 0 Å². The molecule has 2 atom stereocenters. The topological polar surface area (TPSA) is 72.8 Å². The monoisotopic (exact) mass is 265 g/mol. The number of hydrogen-bond acceptors (Lipinski definition) is 5. The van der Waals surface area contributed by atoms with Gasteiger partial charge < -0.3 is 5.32 Å². The number of pyridine rings is 1. The Labute approximate surface area is 112 Å². The van der Waals surface area contributed by atoms with Crippen LogP contribution in [-0.2, 0) is 0 Å². The third-order valence-electron chi connectivity index (χ3n) is 3.29. The van der Waals surface area contributed by atoms with Gasteiger partial charge in [-0.2, -0.15) is 5.26 Å². The average Bonchev–Trinajstić information content (AvgIpc) is 2.68. The highest BCUT2D eigenvalue weighted by atomic mass is 35.5. The molecule has 0 bridgehead atoms. The van der Waals surface area contributed by atoms with Crippen molar-refractivity contribution >= 4 is 17.4 Å². The van der Waals surface area contributed by atoms with E-state index in [0.29, 0.717) is 28.8 Å². The summed E-state index contributed by atoms with van der Waals surface area (Å²) >= 11 is 5.84. The van der Waals surface area contributed by atoms with E-state index in [1.54, 1.807) is 12.1 Å². The van der Waals surface area contributed by atoms with Crippen LogP contribution in [0.4, 0.5) is 5.82 Å². The van der Waals surface area contributed by atoms with Gasteiger partial charge in [-0.15, -0.1) is 0 Å². The maximum Gasteiger partial charge on any atom is 0.161 e. The lowest BCUT2D eigenvalue weighted by molar-refractivity contribution is 0.466. The van der Waals surface area contributed by atoms with Crippen molar-refractivity contribution < 1.29 is 0 Å². The lowest BCUT2D eigenvalue weighted by Gasteiger charge is -2.18. The molecule has 0 spiro atoms. The number of hydrogen-bond donors (Lipinski definition) is 3. The third-order valence-corrected chi connectivity index (χ3v) is 3.60. The standard InChI is InChI=1S/C12H16ClN5/c1-7-9(8(2)18-17-7)6-15-12-4-3-10(13)11(5-14)16-12/h3-4,7-9,17-18H,6H2,1-2H3,(H,15,16). The Morgan fingerprint density at radius 2 is 2.06 bits per heavy atom. The maximum absolute atomic E-state index is 8.86. The molecule has 0 radical (unpaired) electrons. The summed E-state index contributed by atoms with van der Waals surface area (Å²) in [6, 6.07) is 6.24. The molecule has 1 aromatic heterocycles. The van der Waals surface area contributed by atoms with Crippen molar-refractivity contribution in [1.29, 1.82) is 5.26 Å². The minimum atomic E-state index is 0.255. The van der Waals surface area contributed by atoms with Gasteiger partial charge >= 0.3 is 0 Å². The Hall–Kier alpha value is -1.35. The highest BCUT2D eigenvalue weighted by Crippen LogP contribution is 2.18. The van der Waals surface area contributed by atoms with Crippen LogP contribution in [0.2, 0.25) is 5.02 Å². The van der Waals surface area contributed by atoms with Gasteiger partial charge in [0.2, 0.25) is 0 Å². The van der Waals surface area contributed by atoms with Crippen LogP contribution >= 0.6 is 11.6 Å². The first-order chi connectivity index (χ1) is 8.61. The minimum Gasteiger partial charge on any atom is -0.370 e. The normalized spacial score (nSPS) is 26.9. The molecule has 18 heavy (non-hydrogen) atoms. The minimum absolute atomic E-state index is 0.255. The molecule has 0 amide bonds. The molecule has 96 valence electrons. The van der Waals surface area contributed by atoms with Crippen LogP contribution in [0.15, 0.2) is 12.1 Å². The summed E-state index contributed by atoms with van der Waals surface area (Å²) in [4.78, 5) is 4.16. The van der Waals surface area contributed by atoms with Crippen LogP contribution in [0.5, 0.6) is 0 Å². The number of hydrazine groups is 1. The zero-order chi connectivity index (χ0) is 13.1. The highest BCUT2D eigenvalue weighted by molar-refractivity contribution is 6.31. The van der Waals surface area contributed by atoms with Crippen molar-refractivity contribution in [3.8, 4) is 6.07 Å². The predicted octanol–water partition coefficient (Wildman–Crippen LogP) is 1.52. The van der Waals surface area contributed by atoms with E-state index in [0.717, 1.165) is 6.54 Å². The molecule has 2 heterocycles. The van der Waals surface area contributed by atoms with Gasteiger partial charge in [-0.05, 0) is 26.0 Å². The van der Waals surface area contributed by atoms with Crippen molar-refractivity contribution in [1.82, 2.24) is 15.8 Å². The van der Waals surface area contributed by atoms with E-state index in [-0.39, 0.29) is 5.69 Å².